The monoisotopic (exact) mass is 371 g/mol. The minimum Gasteiger partial charge on any atom is -0.345 e. The molecule has 1 heterocycles. The second kappa shape index (κ2) is 7.87. The molecule has 0 saturated heterocycles. The van der Waals surface area contributed by atoms with Gasteiger partial charge in [0.15, 0.2) is 0 Å². The highest BCUT2D eigenvalue weighted by Crippen LogP contribution is 2.36. The fraction of sp³-hybridized carbons (Fsp3) is 0.150. The van der Waals surface area contributed by atoms with Crippen molar-refractivity contribution < 1.29 is 18.0 Å². The number of benzene rings is 1. The molecule has 0 aliphatic heterocycles. The molecule has 1 N–H and O–H groups in total. The Hall–Kier alpha value is -3.40. The van der Waals surface area contributed by atoms with Crippen LogP contribution in [0.15, 0.2) is 47.6 Å². The first-order valence-electron chi connectivity index (χ1n) is 7.77. The van der Waals surface area contributed by atoms with E-state index < -0.39 is 17.6 Å². The lowest BCUT2D eigenvalue weighted by Crippen LogP contribution is -2.26. The largest absolute Gasteiger partial charge is 0.418 e. The Morgan fingerprint density at radius 1 is 1.41 bits per heavy atom. The second-order valence-electron chi connectivity index (χ2n) is 5.62. The number of alkyl halides is 3. The van der Waals surface area contributed by atoms with Crippen LogP contribution in [0.25, 0.3) is 10.9 Å². The van der Waals surface area contributed by atoms with Crippen molar-refractivity contribution in [3.63, 3.8) is 0 Å². The number of aliphatic imine (C=N–C) groups is 1. The molecule has 1 amide bonds. The lowest BCUT2D eigenvalue weighted by atomic mass is 10.0. The van der Waals surface area contributed by atoms with Gasteiger partial charge in [0, 0.05) is 10.9 Å². The number of nitrogens with zero attached hydrogens (tertiary/aromatic N) is 2. The van der Waals surface area contributed by atoms with Crippen LogP contribution in [0.5, 0.6) is 0 Å². The summed E-state index contributed by atoms with van der Waals surface area (Å²) in [5.74, 6) is 1.58. The van der Waals surface area contributed by atoms with E-state index in [1.807, 2.05) is 0 Å². The average molecular weight is 371 g/mol. The van der Waals surface area contributed by atoms with Crippen LogP contribution in [-0.2, 0) is 6.18 Å². The Morgan fingerprint density at radius 3 is 2.67 bits per heavy atom. The zero-order valence-corrected chi connectivity index (χ0v) is 14.5. The van der Waals surface area contributed by atoms with E-state index in [0.29, 0.717) is 11.3 Å². The van der Waals surface area contributed by atoms with Crippen molar-refractivity contribution in [1.29, 1.82) is 0 Å². The molecule has 0 saturated carbocycles. The molecule has 0 unspecified atom stereocenters. The van der Waals surface area contributed by atoms with E-state index >= 15 is 0 Å². The van der Waals surface area contributed by atoms with Gasteiger partial charge in [-0.25, -0.2) is 4.98 Å². The minimum absolute atomic E-state index is 0.0370. The molecule has 1 aromatic heterocycles. The zero-order chi connectivity index (χ0) is 20.2. The summed E-state index contributed by atoms with van der Waals surface area (Å²) in [7, 11) is 0. The summed E-state index contributed by atoms with van der Waals surface area (Å²) in [6, 6.07) is 3.71. The maximum absolute atomic E-state index is 13.4. The van der Waals surface area contributed by atoms with Gasteiger partial charge in [0.05, 0.1) is 23.3 Å². The van der Waals surface area contributed by atoms with Gasteiger partial charge >= 0.3 is 6.18 Å². The fourth-order valence-corrected chi connectivity index (χ4v) is 2.47. The third-order valence-electron chi connectivity index (χ3n) is 3.77. The van der Waals surface area contributed by atoms with Crippen molar-refractivity contribution >= 4 is 23.5 Å². The van der Waals surface area contributed by atoms with E-state index in [1.165, 1.54) is 18.2 Å². The number of pyridine rings is 1. The summed E-state index contributed by atoms with van der Waals surface area (Å²) in [6.07, 6.45) is 3.63. The number of fused-ring (bicyclic) bond motifs is 1. The van der Waals surface area contributed by atoms with E-state index in [0.717, 1.165) is 6.07 Å². The average Bonchev–Trinajstić information content (AvgIpc) is 2.63. The van der Waals surface area contributed by atoms with Crippen LogP contribution in [0.4, 0.5) is 13.2 Å². The number of terminal acetylenes is 1. The van der Waals surface area contributed by atoms with Crippen LogP contribution in [0, 0.1) is 19.3 Å². The summed E-state index contributed by atoms with van der Waals surface area (Å²) in [4.78, 5) is 20.0. The number of allylic oxidation sites excluding steroid dienone is 2. The van der Waals surface area contributed by atoms with Gasteiger partial charge < -0.3 is 5.32 Å². The molecule has 2 aromatic rings. The summed E-state index contributed by atoms with van der Waals surface area (Å²) in [5, 5.41) is 2.79. The molecule has 2 rings (SSSR count). The molecule has 0 radical (unpaired) electrons. The lowest BCUT2D eigenvalue weighted by Gasteiger charge is -2.14. The lowest BCUT2D eigenvalue weighted by molar-refractivity contribution is -0.136. The van der Waals surface area contributed by atoms with Gasteiger partial charge in [0.25, 0.3) is 5.91 Å². The van der Waals surface area contributed by atoms with Crippen molar-refractivity contribution in [3.05, 3.63) is 65.0 Å². The summed E-state index contributed by atoms with van der Waals surface area (Å²) >= 11 is 0. The molecule has 0 spiro atoms. The first kappa shape index (κ1) is 19.9. The summed E-state index contributed by atoms with van der Waals surface area (Å²) in [6.45, 7) is 8.51. The standard InChI is InChI=1S/C20H16F3N3O/c1-5-7-14(24-4)11-25-19(27)17-8-12(3)15-9-13(6-2)10-16(18(15)26-17)20(21,22)23/h2,5,7-10H,1,4,11H2,3H3,(H,25,27)/b14-7-. The number of carbonyl (C=O) groups is 1. The Bertz CT molecular complexity index is 998. The van der Waals surface area contributed by atoms with Crippen LogP contribution >= 0.6 is 0 Å². The minimum atomic E-state index is -4.66. The topological polar surface area (TPSA) is 54.4 Å². The van der Waals surface area contributed by atoms with Crippen LogP contribution < -0.4 is 5.32 Å². The molecule has 0 atom stereocenters. The van der Waals surface area contributed by atoms with E-state index in [1.54, 1.807) is 13.0 Å². The number of rotatable bonds is 5. The molecule has 7 heteroatoms. The number of aromatic nitrogens is 1. The van der Waals surface area contributed by atoms with E-state index in [9.17, 15) is 18.0 Å². The maximum Gasteiger partial charge on any atom is 0.418 e. The molecule has 1 aromatic carbocycles. The smallest absolute Gasteiger partial charge is 0.345 e. The number of halogens is 3. The van der Waals surface area contributed by atoms with Crippen LogP contribution in [0.1, 0.15) is 27.2 Å². The normalized spacial score (nSPS) is 11.7. The molecule has 4 nitrogen and oxygen atoms in total. The number of nitrogens with one attached hydrogen (secondary N) is 1. The number of aryl methyl sites for hydroxylation is 1. The Kier molecular flexibility index (Phi) is 5.81. The SMILES string of the molecule is C#Cc1cc(C(F)(F)F)c2nc(C(=O)NC/C(=C/C=C)N=C)cc(C)c2c1. The summed E-state index contributed by atoms with van der Waals surface area (Å²) in [5.41, 5.74) is -0.447. The molecule has 0 fully saturated rings. The van der Waals surface area contributed by atoms with Crippen LogP contribution in [0.3, 0.4) is 0 Å². The third-order valence-corrected chi connectivity index (χ3v) is 3.77. The highest BCUT2D eigenvalue weighted by Gasteiger charge is 2.34. The van der Waals surface area contributed by atoms with Crippen molar-refractivity contribution in [2.75, 3.05) is 6.54 Å². The quantitative estimate of drug-likeness (QED) is 0.490. The highest BCUT2D eigenvalue weighted by molar-refractivity contribution is 5.97. The third kappa shape index (κ3) is 4.42. The highest BCUT2D eigenvalue weighted by atomic mass is 19.4. The van der Waals surface area contributed by atoms with Gasteiger partial charge in [0.2, 0.25) is 0 Å². The van der Waals surface area contributed by atoms with Crippen LogP contribution in [0.2, 0.25) is 0 Å². The zero-order valence-electron chi connectivity index (χ0n) is 14.5. The molecular formula is C20H16F3N3O. The fourth-order valence-electron chi connectivity index (χ4n) is 2.47. The van der Waals surface area contributed by atoms with Gasteiger partial charge in [-0.05, 0) is 43.5 Å². The molecule has 0 bridgehead atoms. The number of amides is 1. The molecule has 27 heavy (non-hydrogen) atoms. The van der Waals surface area contributed by atoms with Crippen molar-refractivity contribution in [1.82, 2.24) is 10.3 Å². The van der Waals surface area contributed by atoms with Crippen molar-refractivity contribution in [2.45, 2.75) is 13.1 Å². The van der Waals surface area contributed by atoms with Gasteiger partial charge in [-0.2, -0.15) is 13.2 Å². The van der Waals surface area contributed by atoms with Gasteiger partial charge in [-0.3, -0.25) is 9.79 Å². The van der Waals surface area contributed by atoms with E-state index in [4.69, 9.17) is 6.42 Å². The molecular weight excluding hydrogens is 355 g/mol. The van der Waals surface area contributed by atoms with E-state index in [2.05, 4.69) is 34.5 Å². The Morgan fingerprint density at radius 2 is 2.11 bits per heavy atom. The van der Waals surface area contributed by atoms with Crippen molar-refractivity contribution in [2.24, 2.45) is 4.99 Å². The first-order chi connectivity index (χ1) is 12.7. The number of hydrogen-bond donors (Lipinski definition) is 1. The van der Waals surface area contributed by atoms with Gasteiger partial charge in [-0.1, -0.05) is 18.6 Å². The number of carbonyl (C=O) groups excluding carboxylic acids is 1. The molecule has 138 valence electrons. The van der Waals surface area contributed by atoms with E-state index in [-0.39, 0.29) is 28.7 Å². The number of hydrogen-bond acceptors (Lipinski definition) is 3. The Labute approximate surface area is 154 Å². The Balaban J connectivity index is 2.53. The molecule has 0 aliphatic rings. The first-order valence-corrected chi connectivity index (χ1v) is 7.77. The predicted octanol–water partition coefficient (Wildman–Crippen LogP) is 4.04. The summed E-state index contributed by atoms with van der Waals surface area (Å²) < 4.78 is 40.3. The van der Waals surface area contributed by atoms with Gasteiger partial charge in [-0.15, -0.1) is 6.42 Å². The van der Waals surface area contributed by atoms with Crippen molar-refractivity contribution in [3.8, 4) is 12.3 Å². The second-order valence-corrected chi connectivity index (χ2v) is 5.62. The van der Waals surface area contributed by atoms with Gasteiger partial charge in [0.1, 0.15) is 5.69 Å². The molecule has 0 aliphatic carbocycles. The maximum atomic E-state index is 13.4. The van der Waals surface area contributed by atoms with Crippen LogP contribution in [-0.4, -0.2) is 24.2 Å². The predicted molar refractivity (Wildman–Crippen MR) is 99.6 cm³/mol.